The summed E-state index contributed by atoms with van der Waals surface area (Å²) in [6, 6.07) is 1.57. The summed E-state index contributed by atoms with van der Waals surface area (Å²) in [7, 11) is -3.93. The lowest BCUT2D eigenvalue weighted by atomic mass is 10.2. The molecule has 0 aromatic carbocycles. The van der Waals surface area contributed by atoms with Gasteiger partial charge in [-0.25, -0.2) is 13.4 Å². The van der Waals surface area contributed by atoms with Crippen LogP contribution in [0.4, 0.5) is 0 Å². The van der Waals surface area contributed by atoms with Gasteiger partial charge in [-0.15, -0.1) is 0 Å². The van der Waals surface area contributed by atoms with E-state index in [1.807, 2.05) is 0 Å². The van der Waals surface area contributed by atoms with Crippen LogP contribution in [0, 0.1) is 0 Å². The second-order valence-corrected chi connectivity index (χ2v) is 6.48. The van der Waals surface area contributed by atoms with Crippen LogP contribution in [0.2, 0.25) is 5.15 Å². The van der Waals surface area contributed by atoms with E-state index < -0.39 is 28.1 Å². The summed E-state index contributed by atoms with van der Waals surface area (Å²) >= 11 is 5.59. The monoisotopic (exact) mass is 305 g/mol. The van der Waals surface area contributed by atoms with E-state index >= 15 is 0 Å². The molecule has 0 aliphatic carbocycles. The topological polar surface area (TPSA) is 114 Å². The normalized spacial score (nSPS) is 24.5. The SMILES string of the molecule is NC(=O)C1CC(O)CN1S(=O)(=O)c1ccc(Cl)nc1. The maximum Gasteiger partial charge on any atom is 0.245 e. The van der Waals surface area contributed by atoms with Crippen molar-refractivity contribution in [2.75, 3.05) is 6.54 Å². The average molecular weight is 306 g/mol. The average Bonchev–Trinajstić information content (AvgIpc) is 2.73. The fraction of sp³-hybridized carbons (Fsp3) is 0.400. The van der Waals surface area contributed by atoms with Gasteiger partial charge in [0.1, 0.15) is 16.1 Å². The van der Waals surface area contributed by atoms with Gasteiger partial charge < -0.3 is 10.8 Å². The highest BCUT2D eigenvalue weighted by Crippen LogP contribution is 2.26. The maximum absolute atomic E-state index is 12.3. The lowest BCUT2D eigenvalue weighted by molar-refractivity contribution is -0.121. The highest BCUT2D eigenvalue weighted by molar-refractivity contribution is 7.89. The summed E-state index contributed by atoms with van der Waals surface area (Å²) in [6.07, 6.45) is 0.184. The predicted molar refractivity (Wildman–Crippen MR) is 66.7 cm³/mol. The van der Waals surface area contributed by atoms with Crippen molar-refractivity contribution in [2.45, 2.75) is 23.5 Å². The third kappa shape index (κ3) is 2.71. The van der Waals surface area contributed by atoms with Gasteiger partial charge in [0.05, 0.1) is 6.10 Å². The van der Waals surface area contributed by atoms with Crippen molar-refractivity contribution in [3.05, 3.63) is 23.5 Å². The molecule has 7 nitrogen and oxygen atoms in total. The number of hydrogen-bond acceptors (Lipinski definition) is 5. The van der Waals surface area contributed by atoms with Gasteiger partial charge in [0.25, 0.3) is 0 Å². The number of primary amides is 1. The number of nitrogens with two attached hydrogens (primary N) is 1. The minimum absolute atomic E-state index is 0.00438. The van der Waals surface area contributed by atoms with Crippen molar-refractivity contribution < 1.29 is 18.3 Å². The number of sulfonamides is 1. The Labute approximate surface area is 115 Å². The standard InChI is InChI=1S/C10H12ClN3O4S/c11-9-2-1-7(4-13-9)19(17,18)14-5-6(15)3-8(14)10(12)16/h1-2,4,6,8,15H,3,5H2,(H2,12,16). The Morgan fingerprint density at radius 2 is 2.21 bits per heavy atom. The minimum atomic E-state index is -3.93. The van der Waals surface area contributed by atoms with Crippen LogP contribution in [0.15, 0.2) is 23.2 Å². The Hall–Kier alpha value is -1.22. The van der Waals surface area contributed by atoms with Crippen LogP contribution in [0.1, 0.15) is 6.42 Å². The van der Waals surface area contributed by atoms with Crippen LogP contribution in [0.3, 0.4) is 0 Å². The van der Waals surface area contributed by atoms with Crippen LogP contribution in [0.5, 0.6) is 0 Å². The number of hydrogen-bond donors (Lipinski definition) is 2. The van der Waals surface area contributed by atoms with E-state index in [-0.39, 0.29) is 23.0 Å². The molecule has 0 saturated carbocycles. The molecular formula is C10H12ClN3O4S. The Morgan fingerprint density at radius 3 is 2.74 bits per heavy atom. The van der Waals surface area contributed by atoms with Gasteiger partial charge in [-0.3, -0.25) is 4.79 Å². The smallest absolute Gasteiger partial charge is 0.245 e. The van der Waals surface area contributed by atoms with Crippen LogP contribution in [-0.2, 0) is 14.8 Å². The predicted octanol–water partition coefficient (Wildman–Crippen LogP) is -0.656. The number of amides is 1. The molecule has 1 aromatic rings. The Kier molecular flexibility index (Phi) is 3.77. The minimum Gasteiger partial charge on any atom is -0.392 e. The third-order valence-electron chi connectivity index (χ3n) is 2.87. The fourth-order valence-corrected chi connectivity index (χ4v) is 3.66. The lowest BCUT2D eigenvalue weighted by Crippen LogP contribution is -2.43. The maximum atomic E-state index is 12.3. The van der Waals surface area contributed by atoms with E-state index in [4.69, 9.17) is 17.3 Å². The molecule has 0 radical (unpaired) electrons. The molecule has 1 aliphatic rings. The molecule has 0 bridgehead atoms. The highest BCUT2D eigenvalue weighted by Gasteiger charge is 2.42. The van der Waals surface area contributed by atoms with Crippen LogP contribution >= 0.6 is 11.6 Å². The zero-order chi connectivity index (χ0) is 14.2. The Morgan fingerprint density at radius 1 is 1.53 bits per heavy atom. The number of carbonyl (C=O) groups excluding carboxylic acids is 1. The van der Waals surface area contributed by atoms with Gasteiger partial charge in [0, 0.05) is 19.2 Å². The molecule has 2 unspecified atom stereocenters. The summed E-state index contributed by atoms with van der Waals surface area (Å²) < 4.78 is 25.6. The van der Waals surface area contributed by atoms with Crippen molar-refractivity contribution in [1.82, 2.24) is 9.29 Å². The van der Waals surface area contributed by atoms with E-state index in [9.17, 15) is 18.3 Å². The number of nitrogens with zero attached hydrogens (tertiary/aromatic N) is 2. The van der Waals surface area contributed by atoms with Gasteiger partial charge in [-0.2, -0.15) is 4.31 Å². The molecule has 2 atom stereocenters. The van der Waals surface area contributed by atoms with Crippen molar-refractivity contribution in [3.63, 3.8) is 0 Å². The molecule has 0 spiro atoms. The van der Waals surface area contributed by atoms with Crippen molar-refractivity contribution >= 4 is 27.5 Å². The van der Waals surface area contributed by atoms with Gasteiger partial charge in [0.2, 0.25) is 15.9 Å². The van der Waals surface area contributed by atoms with Crippen molar-refractivity contribution in [2.24, 2.45) is 5.73 Å². The molecule has 19 heavy (non-hydrogen) atoms. The summed E-state index contributed by atoms with van der Waals surface area (Å²) in [4.78, 5) is 14.8. The number of aliphatic hydroxyl groups is 1. The first-order valence-electron chi connectivity index (χ1n) is 5.43. The number of carbonyl (C=O) groups is 1. The number of halogens is 1. The van der Waals surface area contributed by atoms with Gasteiger partial charge in [-0.1, -0.05) is 11.6 Å². The van der Waals surface area contributed by atoms with Gasteiger partial charge in [0.15, 0.2) is 0 Å². The number of pyridine rings is 1. The van der Waals surface area contributed by atoms with E-state index in [0.717, 1.165) is 10.5 Å². The molecule has 3 N–H and O–H groups in total. The van der Waals surface area contributed by atoms with E-state index in [2.05, 4.69) is 4.98 Å². The second kappa shape index (κ2) is 5.04. The molecule has 1 fully saturated rings. The molecule has 2 rings (SSSR count). The third-order valence-corrected chi connectivity index (χ3v) is 4.95. The highest BCUT2D eigenvalue weighted by atomic mass is 35.5. The molecule has 1 saturated heterocycles. The van der Waals surface area contributed by atoms with E-state index in [1.165, 1.54) is 12.1 Å². The summed E-state index contributed by atoms with van der Waals surface area (Å²) in [5.41, 5.74) is 5.16. The molecular weight excluding hydrogens is 294 g/mol. The molecule has 9 heteroatoms. The van der Waals surface area contributed by atoms with Crippen LogP contribution in [-0.4, -0.2) is 47.4 Å². The zero-order valence-electron chi connectivity index (χ0n) is 9.73. The number of aliphatic hydroxyl groups excluding tert-OH is 1. The first-order valence-corrected chi connectivity index (χ1v) is 7.25. The molecule has 1 aliphatic heterocycles. The second-order valence-electron chi connectivity index (χ2n) is 4.20. The molecule has 104 valence electrons. The van der Waals surface area contributed by atoms with Crippen molar-refractivity contribution in [1.29, 1.82) is 0 Å². The summed E-state index contributed by atoms with van der Waals surface area (Å²) in [6.45, 7) is -0.168. The number of β-amino-alcohol motifs (C(OH)–C–C–N with tert-alkyl or cyclic N) is 1. The van der Waals surface area contributed by atoms with Crippen molar-refractivity contribution in [3.8, 4) is 0 Å². The first-order chi connectivity index (χ1) is 8.82. The van der Waals surface area contributed by atoms with Gasteiger partial charge in [-0.05, 0) is 12.1 Å². The van der Waals surface area contributed by atoms with E-state index in [0.29, 0.717) is 0 Å². The Balaban J connectivity index is 2.38. The zero-order valence-corrected chi connectivity index (χ0v) is 11.3. The molecule has 1 amide bonds. The molecule has 2 heterocycles. The van der Waals surface area contributed by atoms with Crippen LogP contribution < -0.4 is 5.73 Å². The number of aromatic nitrogens is 1. The summed E-state index contributed by atoms with van der Waals surface area (Å²) in [5.74, 6) is -0.790. The Bertz CT molecular complexity index is 589. The summed E-state index contributed by atoms with van der Waals surface area (Å²) in [5, 5.41) is 9.68. The van der Waals surface area contributed by atoms with Gasteiger partial charge >= 0.3 is 0 Å². The molecule has 1 aromatic heterocycles. The largest absolute Gasteiger partial charge is 0.392 e. The first kappa shape index (κ1) is 14.2. The quantitative estimate of drug-likeness (QED) is 0.720. The lowest BCUT2D eigenvalue weighted by Gasteiger charge is -2.21. The number of rotatable bonds is 3. The van der Waals surface area contributed by atoms with E-state index in [1.54, 1.807) is 0 Å². The van der Waals surface area contributed by atoms with Crippen LogP contribution in [0.25, 0.3) is 0 Å². The fourth-order valence-electron chi connectivity index (χ4n) is 1.96.